The summed E-state index contributed by atoms with van der Waals surface area (Å²) in [6, 6.07) is 5.29. The Morgan fingerprint density at radius 3 is 2.58 bits per heavy atom. The second-order valence-corrected chi connectivity index (χ2v) is 4.50. The number of fused-ring (bicyclic) bond motifs is 1. The van der Waals surface area contributed by atoms with Crippen LogP contribution in [-0.4, -0.2) is 33.1 Å². The monoisotopic (exact) mass is 263 g/mol. The Balaban J connectivity index is 2.71. The smallest absolute Gasteiger partial charge is 0.326 e. The Labute approximate surface area is 112 Å². The molecule has 0 saturated carbocycles. The maximum atomic E-state index is 12.5. The van der Waals surface area contributed by atoms with Gasteiger partial charge >= 0.3 is 5.97 Å². The lowest BCUT2D eigenvalue weighted by Gasteiger charge is -2.23. The highest BCUT2D eigenvalue weighted by molar-refractivity contribution is 6.20. The lowest BCUT2D eigenvalue weighted by Crippen LogP contribution is -2.45. The molecule has 19 heavy (non-hydrogen) atoms. The minimum Gasteiger partial charge on any atom is -0.497 e. The molecule has 0 fully saturated rings. The molecule has 0 saturated heterocycles. The van der Waals surface area contributed by atoms with Crippen LogP contribution in [0.2, 0.25) is 0 Å². The number of ether oxygens (including phenoxy) is 2. The van der Waals surface area contributed by atoms with E-state index in [1.54, 1.807) is 39.3 Å². The number of amides is 1. The zero-order chi connectivity index (χ0) is 14.2. The van der Waals surface area contributed by atoms with E-state index in [2.05, 4.69) is 0 Å². The van der Waals surface area contributed by atoms with Gasteiger partial charge in [0.2, 0.25) is 5.91 Å². The summed E-state index contributed by atoms with van der Waals surface area (Å²) in [5, 5.41) is 0. The highest BCUT2D eigenvalue weighted by Gasteiger charge is 2.55. The van der Waals surface area contributed by atoms with E-state index in [4.69, 9.17) is 9.47 Å². The molecule has 0 radical (unpaired) electrons. The molecule has 0 N–H and O–H groups in total. The van der Waals surface area contributed by atoms with Crippen LogP contribution in [0.5, 0.6) is 5.75 Å². The highest BCUT2D eigenvalue weighted by Crippen LogP contribution is 2.45. The highest BCUT2D eigenvalue weighted by atomic mass is 16.5. The van der Waals surface area contributed by atoms with Gasteiger partial charge in [-0.05, 0) is 24.6 Å². The molecule has 1 amide bonds. The van der Waals surface area contributed by atoms with E-state index in [9.17, 15) is 9.59 Å². The lowest BCUT2D eigenvalue weighted by molar-refractivity contribution is -0.151. The number of nitrogens with zero attached hydrogens (tertiary/aromatic N) is 1. The number of esters is 1. The minimum absolute atomic E-state index is 0.259. The molecule has 5 nitrogen and oxygen atoms in total. The summed E-state index contributed by atoms with van der Waals surface area (Å²) in [6.07, 6.45) is 0.350. The number of carbonyl (C=O) groups excluding carboxylic acids is 2. The van der Waals surface area contributed by atoms with Crippen LogP contribution in [0, 0.1) is 0 Å². The van der Waals surface area contributed by atoms with Crippen LogP contribution in [0.3, 0.4) is 0 Å². The third-order valence-corrected chi connectivity index (χ3v) is 3.76. The second kappa shape index (κ2) is 4.57. The molecule has 5 heteroatoms. The summed E-state index contributed by atoms with van der Waals surface area (Å²) in [7, 11) is 4.51. The van der Waals surface area contributed by atoms with Crippen molar-refractivity contribution < 1.29 is 19.1 Å². The average Bonchev–Trinajstić information content (AvgIpc) is 2.67. The van der Waals surface area contributed by atoms with Crippen LogP contribution >= 0.6 is 0 Å². The fraction of sp³-hybridized carbons (Fsp3) is 0.429. The molecular formula is C14H17NO4. The van der Waals surface area contributed by atoms with Crippen molar-refractivity contribution in [2.24, 2.45) is 0 Å². The van der Waals surface area contributed by atoms with Gasteiger partial charge in [-0.15, -0.1) is 0 Å². The Morgan fingerprint density at radius 2 is 2.05 bits per heavy atom. The molecule has 102 valence electrons. The second-order valence-electron chi connectivity index (χ2n) is 4.50. The molecule has 1 aromatic carbocycles. The quantitative estimate of drug-likeness (QED) is 0.612. The van der Waals surface area contributed by atoms with Gasteiger partial charge in [0.15, 0.2) is 5.41 Å². The first-order valence-electron chi connectivity index (χ1n) is 6.08. The van der Waals surface area contributed by atoms with Crippen LogP contribution in [0.15, 0.2) is 18.2 Å². The fourth-order valence-electron chi connectivity index (χ4n) is 2.64. The van der Waals surface area contributed by atoms with Crippen molar-refractivity contribution in [3.63, 3.8) is 0 Å². The Morgan fingerprint density at radius 1 is 1.37 bits per heavy atom. The molecule has 1 aliphatic rings. The van der Waals surface area contributed by atoms with E-state index < -0.39 is 11.4 Å². The van der Waals surface area contributed by atoms with Gasteiger partial charge in [0.25, 0.3) is 0 Å². The molecule has 1 atom stereocenters. The van der Waals surface area contributed by atoms with Gasteiger partial charge in [0, 0.05) is 18.3 Å². The summed E-state index contributed by atoms with van der Waals surface area (Å²) in [5.74, 6) is -0.174. The van der Waals surface area contributed by atoms with Crippen LogP contribution in [-0.2, 0) is 19.7 Å². The first-order chi connectivity index (χ1) is 9.02. The minimum atomic E-state index is -1.26. The van der Waals surface area contributed by atoms with E-state index in [1.807, 2.05) is 0 Å². The molecule has 1 aromatic rings. The zero-order valence-electron chi connectivity index (χ0n) is 11.5. The number of methoxy groups -OCH3 is 2. The molecule has 0 aromatic heterocycles. The summed E-state index contributed by atoms with van der Waals surface area (Å²) in [5.41, 5.74) is 0.111. The topological polar surface area (TPSA) is 55.8 Å². The van der Waals surface area contributed by atoms with E-state index >= 15 is 0 Å². The van der Waals surface area contributed by atoms with Crippen LogP contribution in [0.1, 0.15) is 18.9 Å². The molecule has 0 aliphatic carbocycles. The maximum Gasteiger partial charge on any atom is 0.326 e. The van der Waals surface area contributed by atoms with Gasteiger partial charge in [0.05, 0.1) is 14.2 Å². The first kappa shape index (κ1) is 13.4. The summed E-state index contributed by atoms with van der Waals surface area (Å²) >= 11 is 0. The number of anilines is 1. The Kier molecular flexibility index (Phi) is 3.22. The molecule has 1 aliphatic heterocycles. The molecule has 1 heterocycles. The summed E-state index contributed by atoms with van der Waals surface area (Å²) in [4.78, 5) is 26.2. The van der Waals surface area contributed by atoms with E-state index in [0.717, 1.165) is 5.69 Å². The van der Waals surface area contributed by atoms with E-state index in [0.29, 0.717) is 17.7 Å². The lowest BCUT2D eigenvalue weighted by atomic mass is 9.79. The van der Waals surface area contributed by atoms with Crippen molar-refractivity contribution in [2.75, 3.05) is 26.2 Å². The third kappa shape index (κ3) is 1.61. The summed E-state index contributed by atoms with van der Waals surface area (Å²) < 4.78 is 10.0. The fourth-order valence-corrected chi connectivity index (χ4v) is 2.64. The SMILES string of the molecule is CC[C@@]1(C(=O)OC)C(=O)N(C)c2ccc(OC)cc21. The van der Waals surface area contributed by atoms with Crippen molar-refractivity contribution >= 4 is 17.6 Å². The van der Waals surface area contributed by atoms with Gasteiger partial charge in [-0.3, -0.25) is 9.59 Å². The number of likely N-dealkylation sites (N-methyl/N-ethyl adjacent to an activating group) is 1. The van der Waals surface area contributed by atoms with Gasteiger partial charge in [-0.1, -0.05) is 6.92 Å². The zero-order valence-corrected chi connectivity index (χ0v) is 11.5. The van der Waals surface area contributed by atoms with Gasteiger partial charge in [0.1, 0.15) is 5.75 Å². The van der Waals surface area contributed by atoms with Crippen LogP contribution in [0.25, 0.3) is 0 Å². The average molecular weight is 263 g/mol. The first-order valence-corrected chi connectivity index (χ1v) is 6.08. The third-order valence-electron chi connectivity index (χ3n) is 3.76. The standard InChI is InChI=1S/C14H17NO4/c1-5-14(13(17)19-4)10-8-9(18-3)6-7-11(10)15(2)12(14)16/h6-8H,5H2,1-4H3/t14-/m0/s1. The number of hydrogen-bond donors (Lipinski definition) is 0. The number of rotatable bonds is 3. The van der Waals surface area contributed by atoms with Crippen LogP contribution in [0.4, 0.5) is 5.69 Å². The molecule has 2 rings (SSSR count). The number of hydrogen-bond acceptors (Lipinski definition) is 4. The Hall–Kier alpha value is -2.04. The van der Waals surface area contributed by atoms with Gasteiger partial charge in [-0.25, -0.2) is 0 Å². The van der Waals surface area contributed by atoms with Crippen molar-refractivity contribution in [1.29, 1.82) is 0 Å². The normalized spacial score (nSPS) is 21.3. The molecular weight excluding hydrogens is 246 g/mol. The van der Waals surface area contributed by atoms with Gasteiger partial charge in [-0.2, -0.15) is 0 Å². The Bertz CT molecular complexity index is 540. The predicted molar refractivity (Wildman–Crippen MR) is 70.4 cm³/mol. The molecule has 0 bridgehead atoms. The summed E-state index contributed by atoms with van der Waals surface area (Å²) in [6.45, 7) is 1.80. The van der Waals surface area contributed by atoms with Crippen LogP contribution < -0.4 is 9.64 Å². The van der Waals surface area contributed by atoms with E-state index in [-0.39, 0.29) is 5.91 Å². The number of benzene rings is 1. The number of carbonyl (C=O) groups is 2. The molecule has 0 spiro atoms. The van der Waals surface area contributed by atoms with Crippen molar-refractivity contribution in [3.8, 4) is 5.75 Å². The molecule has 0 unspecified atom stereocenters. The van der Waals surface area contributed by atoms with Crippen molar-refractivity contribution in [1.82, 2.24) is 0 Å². The van der Waals surface area contributed by atoms with Gasteiger partial charge < -0.3 is 14.4 Å². The maximum absolute atomic E-state index is 12.5. The van der Waals surface area contributed by atoms with Crippen molar-refractivity contribution in [2.45, 2.75) is 18.8 Å². The predicted octanol–water partition coefficient (Wildman–Crippen LogP) is 1.49. The van der Waals surface area contributed by atoms with Crippen molar-refractivity contribution in [3.05, 3.63) is 23.8 Å². The largest absolute Gasteiger partial charge is 0.497 e. The van der Waals surface area contributed by atoms with E-state index in [1.165, 1.54) is 12.0 Å².